The highest BCUT2D eigenvalue weighted by molar-refractivity contribution is 9.10. The SMILES string of the molecule is CNC(=O)CNc1cccc(Br)c1COC. The van der Waals surface area contributed by atoms with Crippen LogP contribution in [0.5, 0.6) is 0 Å². The number of amides is 1. The Labute approximate surface area is 103 Å². The first-order valence-corrected chi connectivity index (χ1v) is 5.69. The first kappa shape index (κ1) is 13.0. The summed E-state index contributed by atoms with van der Waals surface area (Å²) in [5.41, 5.74) is 1.91. The summed E-state index contributed by atoms with van der Waals surface area (Å²) in [5.74, 6) is -0.0525. The van der Waals surface area contributed by atoms with Crippen LogP contribution in [0.2, 0.25) is 0 Å². The zero-order valence-electron chi connectivity index (χ0n) is 9.34. The monoisotopic (exact) mass is 286 g/mol. The quantitative estimate of drug-likeness (QED) is 0.867. The van der Waals surface area contributed by atoms with E-state index in [-0.39, 0.29) is 12.5 Å². The first-order valence-electron chi connectivity index (χ1n) is 4.89. The molecule has 1 aromatic carbocycles. The van der Waals surface area contributed by atoms with Gasteiger partial charge in [0.05, 0.1) is 13.2 Å². The molecule has 0 fully saturated rings. The van der Waals surface area contributed by atoms with Crippen LogP contribution in [0.1, 0.15) is 5.56 Å². The number of carbonyl (C=O) groups is 1. The number of halogens is 1. The molecule has 5 heteroatoms. The third-order valence-corrected chi connectivity index (χ3v) is 2.87. The van der Waals surface area contributed by atoms with Crippen molar-refractivity contribution in [1.29, 1.82) is 0 Å². The molecule has 0 unspecified atom stereocenters. The molecule has 0 saturated heterocycles. The molecule has 0 atom stereocenters. The molecule has 0 saturated carbocycles. The van der Waals surface area contributed by atoms with Crippen LogP contribution in [-0.4, -0.2) is 26.6 Å². The Morgan fingerprint density at radius 2 is 2.25 bits per heavy atom. The van der Waals surface area contributed by atoms with Crippen molar-refractivity contribution >= 4 is 27.5 Å². The fourth-order valence-corrected chi connectivity index (χ4v) is 1.76. The fourth-order valence-electron chi connectivity index (χ4n) is 1.28. The molecule has 0 bridgehead atoms. The molecule has 1 rings (SSSR count). The van der Waals surface area contributed by atoms with Crippen molar-refractivity contribution < 1.29 is 9.53 Å². The zero-order valence-corrected chi connectivity index (χ0v) is 10.9. The molecule has 16 heavy (non-hydrogen) atoms. The minimum atomic E-state index is -0.0525. The number of hydrogen-bond donors (Lipinski definition) is 2. The Hall–Kier alpha value is -1.07. The van der Waals surface area contributed by atoms with Crippen LogP contribution in [0.25, 0.3) is 0 Å². The Morgan fingerprint density at radius 1 is 1.50 bits per heavy atom. The standard InChI is InChI=1S/C11H15BrN2O2/c1-13-11(15)6-14-10-5-3-4-9(12)8(10)7-16-2/h3-5,14H,6-7H2,1-2H3,(H,13,15). The van der Waals surface area contributed by atoms with Crippen LogP contribution < -0.4 is 10.6 Å². The summed E-state index contributed by atoms with van der Waals surface area (Å²) in [6, 6.07) is 5.77. The highest BCUT2D eigenvalue weighted by Crippen LogP contribution is 2.25. The molecule has 1 amide bonds. The van der Waals surface area contributed by atoms with Crippen LogP contribution in [0, 0.1) is 0 Å². The van der Waals surface area contributed by atoms with Crippen molar-refractivity contribution in [3.05, 3.63) is 28.2 Å². The van der Waals surface area contributed by atoms with Crippen LogP contribution >= 0.6 is 15.9 Å². The first-order chi connectivity index (χ1) is 7.69. The number of anilines is 1. The number of methoxy groups -OCH3 is 1. The summed E-state index contributed by atoms with van der Waals surface area (Å²) in [4.78, 5) is 11.1. The van der Waals surface area contributed by atoms with Crippen LogP contribution in [0.15, 0.2) is 22.7 Å². The number of rotatable bonds is 5. The fraction of sp³-hybridized carbons (Fsp3) is 0.364. The van der Waals surface area contributed by atoms with Crippen molar-refractivity contribution in [2.24, 2.45) is 0 Å². The van der Waals surface area contributed by atoms with E-state index in [0.717, 1.165) is 15.7 Å². The van der Waals surface area contributed by atoms with Gasteiger partial charge in [-0.2, -0.15) is 0 Å². The minimum absolute atomic E-state index is 0.0525. The van der Waals surface area contributed by atoms with E-state index in [1.807, 2.05) is 18.2 Å². The summed E-state index contributed by atoms with van der Waals surface area (Å²) in [7, 11) is 3.25. The third-order valence-electron chi connectivity index (χ3n) is 2.13. The molecular weight excluding hydrogens is 272 g/mol. The number of likely N-dealkylation sites (N-methyl/N-ethyl adjacent to an activating group) is 1. The molecule has 0 aromatic heterocycles. The smallest absolute Gasteiger partial charge is 0.239 e. The molecule has 2 N–H and O–H groups in total. The van der Waals surface area contributed by atoms with Gasteiger partial charge in [0.2, 0.25) is 5.91 Å². The molecule has 0 radical (unpaired) electrons. The van der Waals surface area contributed by atoms with Crippen molar-refractivity contribution in [1.82, 2.24) is 5.32 Å². The number of ether oxygens (including phenoxy) is 1. The number of nitrogens with one attached hydrogen (secondary N) is 2. The lowest BCUT2D eigenvalue weighted by atomic mass is 10.2. The second kappa shape index (κ2) is 6.50. The van der Waals surface area contributed by atoms with Gasteiger partial charge in [-0.1, -0.05) is 22.0 Å². The Kier molecular flexibility index (Phi) is 5.28. The zero-order chi connectivity index (χ0) is 12.0. The summed E-state index contributed by atoms with van der Waals surface area (Å²) >= 11 is 3.45. The van der Waals surface area contributed by atoms with Gasteiger partial charge < -0.3 is 15.4 Å². The van der Waals surface area contributed by atoms with Crippen LogP contribution in [-0.2, 0) is 16.1 Å². The Morgan fingerprint density at radius 3 is 2.88 bits per heavy atom. The van der Waals surface area contributed by atoms with Crippen LogP contribution in [0.4, 0.5) is 5.69 Å². The van der Waals surface area contributed by atoms with E-state index in [0.29, 0.717) is 6.61 Å². The van der Waals surface area contributed by atoms with Gasteiger partial charge in [0.15, 0.2) is 0 Å². The van der Waals surface area contributed by atoms with Gasteiger partial charge in [-0.3, -0.25) is 4.79 Å². The lowest BCUT2D eigenvalue weighted by Crippen LogP contribution is -2.26. The minimum Gasteiger partial charge on any atom is -0.380 e. The van der Waals surface area contributed by atoms with E-state index in [4.69, 9.17) is 4.74 Å². The van der Waals surface area contributed by atoms with E-state index in [1.165, 1.54) is 0 Å². The number of benzene rings is 1. The summed E-state index contributed by atoms with van der Waals surface area (Å²) in [6.45, 7) is 0.751. The largest absolute Gasteiger partial charge is 0.380 e. The van der Waals surface area contributed by atoms with E-state index in [2.05, 4.69) is 26.6 Å². The Balaban J connectivity index is 2.78. The van der Waals surface area contributed by atoms with Crippen molar-refractivity contribution in [2.45, 2.75) is 6.61 Å². The van der Waals surface area contributed by atoms with Gasteiger partial charge in [-0.05, 0) is 12.1 Å². The second-order valence-electron chi connectivity index (χ2n) is 3.23. The van der Waals surface area contributed by atoms with Gasteiger partial charge in [0.25, 0.3) is 0 Å². The molecule has 1 aromatic rings. The molecule has 0 aliphatic heterocycles. The van der Waals surface area contributed by atoms with Gasteiger partial charge in [-0.15, -0.1) is 0 Å². The normalized spacial score (nSPS) is 9.94. The van der Waals surface area contributed by atoms with Gasteiger partial charge in [-0.25, -0.2) is 0 Å². The lowest BCUT2D eigenvalue weighted by molar-refractivity contribution is -0.118. The van der Waals surface area contributed by atoms with E-state index in [9.17, 15) is 4.79 Å². The topological polar surface area (TPSA) is 50.4 Å². The predicted molar refractivity (Wildman–Crippen MR) is 67.4 cm³/mol. The highest BCUT2D eigenvalue weighted by Gasteiger charge is 2.07. The average Bonchev–Trinajstić information content (AvgIpc) is 2.29. The van der Waals surface area contributed by atoms with Gasteiger partial charge in [0.1, 0.15) is 0 Å². The average molecular weight is 287 g/mol. The van der Waals surface area contributed by atoms with Crippen molar-refractivity contribution in [2.75, 3.05) is 26.0 Å². The summed E-state index contributed by atoms with van der Waals surface area (Å²) in [5, 5.41) is 5.62. The molecule has 0 spiro atoms. The molecule has 0 aliphatic carbocycles. The summed E-state index contributed by atoms with van der Waals surface area (Å²) in [6.07, 6.45) is 0. The Bertz CT molecular complexity index is 369. The maximum Gasteiger partial charge on any atom is 0.239 e. The second-order valence-corrected chi connectivity index (χ2v) is 4.08. The predicted octanol–water partition coefficient (Wildman–Crippen LogP) is 1.75. The van der Waals surface area contributed by atoms with Gasteiger partial charge >= 0.3 is 0 Å². The van der Waals surface area contributed by atoms with E-state index in [1.54, 1.807) is 14.2 Å². The molecule has 88 valence electrons. The summed E-state index contributed by atoms with van der Waals surface area (Å²) < 4.78 is 6.08. The van der Waals surface area contributed by atoms with Crippen molar-refractivity contribution in [3.63, 3.8) is 0 Å². The number of hydrogen-bond acceptors (Lipinski definition) is 3. The molecule has 0 aliphatic rings. The maximum atomic E-state index is 11.1. The van der Waals surface area contributed by atoms with Crippen LogP contribution in [0.3, 0.4) is 0 Å². The molecular formula is C11H15BrN2O2. The van der Waals surface area contributed by atoms with Crippen molar-refractivity contribution in [3.8, 4) is 0 Å². The maximum absolute atomic E-state index is 11.1. The molecule has 0 heterocycles. The molecule has 4 nitrogen and oxygen atoms in total. The van der Waals surface area contributed by atoms with E-state index >= 15 is 0 Å². The number of carbonyl (C=O) groups excluding carboxylic acids is 1. The third kappa shape index (κ3) is 3.50. The highest BCUT2D eigenvalue weighted by atomic mass is 79.9. The lowest BCUT2D eigenvalue weighted by Gasteiger charge is -2.12. The van der Waals surface area contributed by atoms with Gasteiger partial charge in [0, 0.05) is 29.9 Å². The van der Waals surface area contributed by atoms with E-state index < -0.39 is 0 Å².